The van der Waals surface area contributed by atoms with Crippen molar-refractivity contribution in [3.8, 4) is 0 Å². The minimum absolute atomic E-state index is 0.00553. The average Bonchev–Trinajstić information content (AvgIpc) is 2.79. The summed E-state index contributed by atoms with van der Waals surface area (Å²) in [5.41, 5.74) is 2.74. The van der Waals surface area contributed by atoms with E-state index in [1.807, 2.05) is 36.4 Å². The molecule has 1 N–H and O–H groups in total. The molecule has 0 aliphatic carbocycles. The number of esters is 1. The molecule has 0 saturated carbocycles. The van der Waals surface area contributed by atoms with Gasteiger partial charge in [0, 0.05) is 18.7 Å². The van der Waals surface area contributed by atoms with E-state index in [1.54, 1.807) is 12.3 Å². The van der Waals surface area contributed by atoms with Crippen LogP contribution in [0.3, 0.4) is 0 Å². The molecule has 5 nitrogen and oxygen atoms in total. The van der Waals surface area contributed by atoms with Gasteiger partial charge in [-0.05, 0) is 41.7 Å². The fourth-order valence-electron chi connectivity index (χ4n) is 2.50. The summed E-state index contributed by atoms with van der Waals surface area (Å²) in [5.74, 6) is 0.206. The molecule has 1 aliphatic heterocycles. The zero-order valence-electron chi connectivity index (χ0n) is 13.2. The van der Waals surface area contributed by atoms with Crippen molar-refractivity contribution in [1.29, 1.82) is 0 Å². The fraction of sp³-hybridized carbons (Fsp3) is 0.211. The van der Waals surface area contributed by atoms with Crippen LogP contribution < -0.4 is 5.32 Å². The van der Waals surface area contributed by atoms with Gasteiger partial charge in [-0.2, -0.15) is 0 Å². The molecule has 122 valence electrons. The lowest BCUT2D eigenvalue weighted by molar-refractivity contribution is -0.138. The first kappa shape index (κ1) is 15.9. The third-order valence-corrected chi connectivity index (χ3v) is 3.73. The van der Waals surface area contributed by atoms with Crippen molar-refractivity contribution in [2.75, 3.05) is 5.32 Å². The van der Waals surface area contributed by atoms with Gasteiger partial charge in [0.25, 0.3) is 0 Å². The van der Waals surface area contributed by atoms with E-state index in [0.717, 1.165) is 29.5 Å². The number of aromatic nitrogens is 1. The second-order valence-electron chi connectivity index (χ2n) is 5.60. The highest BCUT2D eigenvalue weighted by atomic mass is 16.5. The van der Waals surface area contributed by atoms with Crippen molar-refractivity contribution in [1.82, 2.24) is 4.98 Å². The maximum absolute atomic E-state index is 11.8. The molecule has 1 aromatic carbocycles. The first-order chi connectivity index (χ1) is 11.7. The van der Waals surface area contributed by atoms with Crippen LogP contribution >= 0.6 is 0 Å². The van der Waals surface area contributed by atoms with E-state index in [2.05, 4.69) is 10.3 Å². The van der Waals surface area contributed by atoms with Gasteiger partial charge in [0.2, 0.25) is 5.91 Å². The smallest absolute Gasteiger partial charge is 0.331 e. The van der Waals surface area contributed by atoms with Gasteiger partial charge in [0.15, 0.2) is 0 Å². The number of aryl methyl sites for hydroxylation is 1. The molecule has 2 aromatic rings. The molecule has 0 saturated heterocycles. The molecule has 0 spiro atoms. The van der Waals surface area contributed by atoms with Gasteiger partial charge in [-0.25, -0.2) is 9.78 Å². The van der Waals surface area contributed by atoms with Crippen LogP contribution in [0.5, 0.6) is 0 Å². The van der Waals surface area contributed by atoms with E-state index in [1.165, 1.54) is 6.08 Å². The lowest BCUT2D eigenvalue weighted by atomic mass is 10.1. The molecule has 24 heavy (non-hydrogen) atoms. The van der Waals surface area contributed by atoms with Gasteiger partial charge < -0.3 is 10.1 Å². The van der Waals surface area contributed by atoms with Gasteiger partial charge in [-0.3, -0.25) is 4.79 Å². The second-order valence-corrected chi connectivity index (χ2v) is 5.60. The highest BCUT2D eigenvalue weighted by Crippen LogP contribution is 2.21. The molecule has 1 aliphatic rings. The lowest BCUT2D eigenvalue weighted by Crippen LogP contribution is -2.10. The van der Waals surface area contributed by atoms with Gasteiger partial charge in [-0.1, -0.05) is 30.3 Å². The van der Waals surface area contributed by atoms with E-state index in [4.69, 9.17) is 4.74 Å². The molecule has 3 rings (SSSR count). The number of ether oxygens (including phenoxy) is 1. The Bertz CT molecular complexity index is 769. The van der Waals surface area contributed by atoms with Crippen LogP contribution in [0, 0.1) is 0 Å². The van der Waals surface area contributed by atoms with Gasteiger partial charge in [0.1, 0.15) is 12.4 Å². The van der Waals surface area contributed by atoms with Crippen molar-refractivity contribution in [3.63, 3.8) is 0 Å². The number of carbonyl (C=O) groups excluding carboxylic acids is 2. The van der Waals surface area contributed by atoms with Gasteiger partial charge in [-0.15, -0.1) is 0 Å². The molecule has 2 heterocycles. The van der Waals surface area contributed by atoms with E-state index in [9.17, 15) is 9.59 Å². The SMILES string of the molecule is O=C1CCCc2cc(/C=C/C(=O)OCc3ccccc3)cnc2N1. The van der Waals surface area contributed by atoms with Gasteiger partial charge >= 0.3 is 5.97 Å². The third kappa shape index (κ3) is 4.29. The Morgan fingerprint density at radius 3 is 2.92 bits per heavy atom. The number of hydrogen-bond donors (Lipinski definition) is 1. The summed E-state index contributed by atoms with van der Waals surface area (Å²) in [6, 6.07) is 11.5. The summed E-state index contributed by atoms with van der Waals surface area (Å²) >= 11 is 0. The Kier molecular flexibility index (Phi) is 5.01. The maximum atomic E-state index is 11.8. The van der Waals surface area contributed by atoms with Crippen molar-refractivity contribution >= 4 is 23.8 Å². The number of carbonyl (C=O) groups is 2. The predicted molar refractivity (Wildman–Crippen MR) is 91.1 cm³/mol. The summed E-state index contributed by atoms with van der Waals surface area (Å²) in [6.07, 6.45) is 6.79. The Hall–Kier alpha value is -2.95. The number of benzene rings is 1. The summed E-state index contributed by atoms with van der Waals surface area (Å²) in [7, 11) is 0. The van der Waals surface area contributed by atoms with Crippen molar-refractivity contribution in [2.24, 2.45) is 0 Å². The molecular weight excluding hydrogens is 304 g/mol. The number of amides is 1. The Morgan fingerprint density at radius 2 is 2.08 bits per heavy atom. The maximum Gasteiger partial charge on any atom is 0.331 e. The summed E-state index contributed by atoms with van der Waals surface area (Å²) < 4.78 is 5.19. The van der Waals surface area contributed by atoms with E-state index >= 15 is 0 Å². The van der Waals surface area contributed by atoms with Crippen LogP contribution in [0.15, 0.2) is 48.7 Å². The number of anilines is 1. The summed E-state index contributed by atoms with van der Waals surface area (Å²) in [6.45, 7) is 0.248. The van der Waals surface area contributed by atoms with Crippen molar-refractivity contribution < 1.29 is 14.3 Å². The molecule has 5 heteroatoms. The predicted octanol–water partition coefficient (Wildman–Crippen LogP) is 3.11. The highest BCUT2D eigenvalue weighted by molar-refractivity contribution is 5.91. The molecular formula is C19H18N2O3. The zero-order valence-corrected chi connectivity index (χ0v) is 13.2. The Labute approximate surface area is 140 Å². The van der Waals surface area contributed by atoms with Crippen molar-refractivity contribution in [2.45, 2.75) is 25.9 Å². The molecule has 1 aromatic heterocycles. The number of hydrogen-bond acceptors (Lipinski definition) is 4. The van der Waals surface area contributed by atoms with Crippen LogP contribution in [0.25, 0.3) is 6.08 Å². The molecule has 0 radical (unpaired) electrons. The molecule has 0 atom stereocenters. The monoisotopic (exact) mass is 322 g/mol. The van der Waals surface area contributed by atoms with E-state index < -0.39 is 5.97 Å². The highest BCUT2D eigenvalue weighted by Gasteiger charge is 2.13. The number of pyridine rings is 1. The van der Waals surface area contributed by atoms with Crippen LogP contribution in [0.2, 0.25) is 0 Å². The molecule has 0 fully saturated rings. The number of nitrogens with one attached hydrogen (secondary N) is 1. The number of nitrogens with zero attached hydrogens (tertiary/aromatic N) is 1. The fourth-order valence-corrected chi connectivity index (χ4v) is 2.50. The average molecular weight is 322 g/mol. The number of fused-ring (bicyclic) bond motifs is 1. The minimum atomic E-state index is -0.401. The topological polar surface area (TPSA) is 68.3 Å². The zero-order chi connectivity index (χ0) is 16.8. The van der Waals surface area contributed by atoms with E-state index in [-0.39, 0.29) is 12.5 Å². The van der Waals surface area contributed by atoms with Crippen LogP contribution in [0.4, 0.5) is 5.82 Å². The molecule has 0 bridgehead atoms. The molecule has 1 amide bonds. The Morgan fingerprint density at radius 1 is 1.25 bits per heavy atom. The largest absolute Gasteiger partial charge is 0.458 e. The van der Waals surface area contributed by atoms with Crippen LogP contribution in [0.1, 0.15) is 29.5 Å². The van der Waals surface area contributed by atoms with E-state index in [0.29, 0.717) is 12.2 Å². The Balaban J connectivity index is 1.61. The normalized spacial score (nSPS) is 13.9. The number of rotatable bonds is 4. The lowest BCUT2D eigenvalue weighted by Gasteiger charge is -2.06. The van der Waals surface area contributed by atoms with Crippen molar-refractivity contribution in [3.05, 3.63) is 65.4 Å². The quantitative estimate of drug-likeness (QED) is 0.694. The first-order valence-electron chi connectivity index (χ1n) is 7.88. The van der Waals surface area contributed by atoms with Crippen LogP contribution in [-0.4, -0.2) is 16.9 Å². The first-order valence-corrected chi connectivity index (χ1v) is 7.88. The standard InChI is InChI=1S/C19H18N2O3/c22-17-8-4-7-16-11-15(12-20-19(16)21-17)9-10-18(23)24-13-14-5-2-1-3-6-14/h1-3,5-6,9-12H,4,7-8,13H2,(H,20,21,22)/b10-9+. The second kappa shape index (κ2) is 7.55. The summed E-state index contributed by atoms with van der Waals surface area (Å²) in [4.78, 5) is 27.6. The van der Waals surface area contributed by atoms with Gasteiger partial charge in [0.05, 0.1) is 0 Å². The minimum Gasteiger partial charge on any atom is -0.458 e. The van der Waals surface area contributed by atoms with Crippen LogP contribution in [-0.2, 0) is 27.4 Å². The third-order valence-electron chi connectivity index (χ3n) is 3.73. The summed E-state index contributed by atoms with van der Waals surface area (Å²) in [5, 5.41) is 2.79. The molecule has 0 unspecified atom stereocenters.